The molecule has 1 rings (SSSR count). The third kappa shape index (κ3) is 3.32. The lowest BCUT2D eigenvalue weighted by molar-refractivity contribution is 0.156. The molecule has 0 saturated heterocycles. The first kappa shape index (κ1) is 13.2. The van der Waals surface area contributed by atoms with Crippen LogP contribution in [0.1, 0.15) is 38.8 Å². The highest BCUT2D eigenvalue weighted by atomic mass is 15.2. The van der Waals surface area contributed by atoms with Crippen molar-refractivity contribution in [2.45, 2.75) is 39.3 Å². The summed E-state index contributed by atoms with van der Waals surface area (Å²) < 4.78 is 0. The summed E-state index contributed by atoms with van der Waals surface area (Å²) in [6, 6.07) is 11.7. The lowest BCUT2D eigenvalue weighted by Gasteiger charge is -2.34. The van der Waals surface area contributed by atoms with Crippen molar-refractivity contribution in [3.05, 3.63) is 35.9 Å². The summed E-state index contributed by atoms with van der Waals surface area (Å²) in [6.45, 7) is 8.51. The first-order valence-corrected chi connectivity index (χ1v) is 6.21. The molecule has 0 aliphatic heterocycles. The topological polar surface area (TPSA) is 29.3 Å². The molecule has 0 aromatic heterocycles. The van der Waals surface area contributed by atoms with Crippen LogP contribution in [-0.2, 0) is 0 Å². The van der Waals surface area contributed by atoms with Gasteiger partial charge in [-0.25, -0.2) is 0 Å². The number of nitrogens with zero attached hydrogens (tertiary/aromatic N) is 1. The van der Waals surface area contributed by atoms with Gasteiger partial charge >= 0.3 is 0 Å². The standard InChI is InChI=1S/C14H24N2/c1-4-16(12(2)3)14(10-11-15)13-8-6-5-7-9-13/h5-9,12,14H,4,10-11,15H2,1-3H3. The van der Waals surface area contributed by atoms with Crippen molar-refractivity contribution in [3.8, 4) is 0 Å². The highest BCUT2D eigenvalue weighted by Crippen LogP contribution is 2.25. The average molecular weight is 220 g/mol. The maximum Gasteiger partial charge on any atom is 0.0362 e. The van der Waals surface area contributed by atoms with E-state index in [1.165, 1.54) is 5.56 Å². The van der Waals surface area contributed by atoms with E-state index in [4.69, 9.17) is 5.73 Å². The molecule has 0 amide bonds. The van der Waals surface area contributed by atoms with Crippen LogP contribution < -0.4 is 5.73 Å². The fraction of sp³-hybridized carbons (Fsp3) is 0.571. The third-order valence-corrected chi connectivity index (χ3v) is 3.05. The molecule has 2 nitrogen and oxygen atoms in total. The van der Waals surface area contributed by atoms with Crippen molar-refractivity contribution in [1.82, 2.24) is 4.90 Å². The van der Waals surface area contributed by atoms with Crippen LogP contribution in [0.2, 0.25) is 0 Å². The molecule has 0 bridgehead atoms. The predicted molar refractivity (Wildman–Crippen MR) is 70.4 cm³/mol. The van der Waals surface area contributed by atoms with Gasteiger partial charge in [-0.15, -0.1) is 0 Å². The predicted octanol–water partition coefficient (Wildman–Crippen LogP) is 2.81. The molecule has 2 N–H and O–H groups in total. The second-order valence-electron chi connectivity index (χ2n) is 4.43. The van der Waals surface area contributed by atoms with Crippen LogP contribution in [0.5, 0.6) is 0 Å². The normalized spacial score (nSPS) is 13.4. The van der Waals surface area contributed by atoms with Crippen molar-refractivity contribution in [1.29, 1.82) is 0 Å². The van der Waals surface area contributed by atoms with Gasteiger partial charge < -0.3 is 5.73 Å². The van der Waals surface area contributed by atoms with Gasteiger partial charge in [-0.1, -0.05) is 37.3 Å². The van der Waals surface area contributed by atoms with Crippen molar-refractivity contribution in [3.63, 3.8) is 0 Å². The van der Waals surface area contributed by atoms with Crippen molar-refractivity contribution in [2.24, 2.45) is 5.73 Å². The molecule has 1 aromatic rings. The van der Waals surface area contributed by atoms with Crippen LogP contribution in [0, 0.1) is 0 Å². The van der Waals surface area contributed by atoms with E-state index in [9.17, 15) is 0 Å². The Hall–Kier alpha value is -0.860. The molecular weight excluding hydrogens is 196 g/mol. The van der Waals surface area contributed by atoms with E-state index in [-0.39, 0.29) is 0 Å². The fourth-order valence-electron chi connectivity index (χ4n) is 2.30. The van der Waals surface area contributed by atoms with Crippen molar-refractivity contribution >= 4 is 0 Å². The molecule has 1 atom stereocenters. The molecule has 0 heterocycles. The van der Waals surface area contributed by atoms with Gasteiger partial charge in [0, 0.05) is 12.1 Å². The Morgan fingerprint density at radius 1 is 1.19 bits per heavy atom. The Balaban J connectivity index is 2.89. The summed E-state index contributed by atoms with van der Waals surface area (Å²) >= 11 is 0. The van der Waals surface area contributed by atoms with Gasteiger partial charge in [-0.05, 0) is 38.9 Å². The molecule has 1 unspecified atom stereocenters. The van der Waals surface area contributed by atoms with Crippen molar-refractivity contribution < 1.29 is 0 Å². The SMILES string of the molecule is CCN(C(C)C)C(CCN)c1ccccc1. The Kier molecular flexibility index (Phi) is 5.50. The quantitative estimate of drug-likeness (QED) is 0.798. The van der Waals surface area contributed by atoms with Gasteiger partial charge in [0.05, 0.1) is 0 Å². The highest BCUT2D eigenvalue weighted by Gasteiger charge is 2.20. The molecule has 1 aromatic carbocycles. The lowest BCUT2D eigenvalue weighted by Crippen LogP contribution is -2.35. The van der Waals surface area contributed by atoms with E-state index < -0.39 is 0 Å². The summed E-state index contributed by atoms with van der Waals surface area (Å²) in [5.41, 5.74) is 7.11. The largest absolute Gasteiger partial charge is 0.330 e. The summed E-state index contributed by atoms with van der Waals surface area (Å²) in [5.74, 6) is 0. The summed E-state index contributed by atoms with van der Waals surface area (Å²) in [5, 5.41) is 0. The minimum absolute atomic E-state index is 0.455. The van der Waals surface area contributed by atoms with Gasteiger partial charge in [0.15, 0.2) is 0 Å². The minimum Gasteiger partial charge on any atom is -0.330 e. The maximum absolute atomic E-state index is 5.73. The summed E-state index contributed by atoms with van der Waals surface area (Å²) in [4.78, 5) is 2.50. The Labute approximate surface area is 99.5 Å². The third-order valence-electron chi connectivity index (χ3n) is 3.05. The molecule has 90 valence electrons. The van der Waals surface area contributed by atoms with Gasteiger partial charge in [0.25, 0.3) is 0 Å². The highest BCUT2D eigenvalue weighted by molar-refractivity contribution is 5.19. The van der Waals surface area contributed by atoms with Crippen LogP contribution >= 0.6 is 0 Å². The average Bonchev–Trinajstić information content (AvgIpc) is 2.29. The Morgan fingerprint density at radius 2 is 1.81 bits per heavy atom. The molecule has 0 spiro atoms. The van der Waals surface area contributed by atoms with Gasteiger partial charge in [-0.3, -0.25) is 4.90 Å². The fourth-order valence-corrected chi connectivity index (χ4v) is 2.30. The number of hydrogen-bond acceptors (Lipinski definition) is 2. The number of nitrogens with two attached hydrogens (primary N) is 1. The number of rotatable bonds is 6. The smallest absolute Gasteiger partial charge is 0.0362 e. The number of benzene rings is 1. The molecule has 0 aliphatic carbocycles. The number of hydrogen-bond donors (Lipinski definition) is 1. The molecule has 16 heavy (non-hydrogen) atoms. The van der Waals surface area contributed by atoms with Crippen LogP contribution in [0.4, 0.5) is 0 Å². The first-order chi connectivity index (χ1) is 7.70. The van der Waals surface area contributed by atoms with Crippen LogP contribution in [0.15, 0.2) is 30.3 Å². The molecule has 0 saturated carbocycles. The van der Waals surface area contributed by atoms with E-state index in [1.807, 2.05) is 0 Å². The van der Waals surface area contributed by atoms with Gasteiger partial charge in [0.2, 0.25) is 0 Å². The molecular formula is C14H24N2. The maximum atomic E-state index is 5.73. The first-order valence-electron chi connectivity index (χ1n) is 6.21. The Bertz CT molecular complexity index is 282. The minimum atomic E-state index is 0.455. The zero-order chi connectivity index (χ0) is 12.0. The molecule has 0 radical (unpaired) electrons. The van der Waals surface area contributed by atoms with Crippen LogP contribution in [0.25, 0.3) is 0 Å². The van der Waals surface area contributed by atoms with E-state index in [1.54, 1.807) is 0 Å². The second kappa shape index (κ2) is 6.66. The zero-order valence-corrected chi connectivity index (χ0v) is 10.7. The van der Waals surface area contributed by atoms with Crippen molar-refractivity contribution in [2.75, 3.05) is 13.1 Å². The van der Waals surface area contributed by atoms with Crippen LogP contribution in [0.3, 0.4) is 0 Å². The van der Waals surface area contributed by atoms with Crippen LogP contribution in [-0.4, -0.2) is 24.0 Å². The van der Waals surface area contributed by atoms with E-state index in [0.717, 1.165) is 19.5 Å². The van der Waals surface area contributed by atoms with Gasteiger partial charge in [0.1, 0.15) is 0 Å². The zero-order valence-electron chi connectivity index (χ0n) is 10.7. The monoisotopic (exact) mass is 220 g/mol. The molecule has 2 heteroatoms. The second-order valence-corrected chi connectivity index (χ2v) is 4.43. The summed E-state index contributed by atoms with van der Waals surface area (Å²) in [7, 11) is 0. The van der Waals surface area contributed by atoms with Gasteiger partial charge in [-0.2, -0.15) is 0 Å². The summed E-state index contributed by atoms with van der Waals surface area (Å²) in [6.07, 6.45) is 1.02. The van der Waals surface area contributed by atoms with E-state index in [0.29, 0.717) is 12.1 Å². The lowest BCUT2D eigenvalue weighted by atomic mass is 10.0. The molecule has 0 fully saturated rings. The van der Waals surface area contributed by atoms with E-state index in [2.05, 4.69) is 56.0 Å². The van der Waals surface area contributed by atoms with E-state index >= 15 is 0 Å². The Morgan fingerprint density at radius 3 is 2.25 bits per heavy atom. The molecule has 0 aliphatic rings.